The normalized spacial score (nSPS) is 9.79. The quantitative estimate of drug-likeness (QED) is 0.572. The Hall–Kier alpha value is -2.65. The van der Waals surface area contributed by atoms with Crippen molar-refractivity contribution in [2.75, 3.05) is 10.7 Å². The molecule has 0 saturated carbocycles. The number of anilines is 3. The van der Waals surface area contributed by atoms with Crippen molar-refractivity contribution in [3.63, 3.8) is 0 Å². The lowest BCUT2D eigenvalue weighted by Crippen LogP contribution is -2.13. The molecule has 6 nitrogen and oxygen atoms in total. The summed E-state index contributed by atoms with van der Waals surface area (Å²) in [7, 11) is 0. The summed E-state index contributed by atoms with van der Waals surface area (Å²) >= 11 is 0. The van der Waals surface area contributed by atoms with Crippen molar-refractivity contribution in [2.24, 2.45) is 5.84 Å². The number of hydrogen-bond acceptors (Lipinski definition) is 6. The first-order valence-corrected chi connectivity index (χ1v) is 5.73. The van der Waals surface area contributed by atoms with Gasteiger partial charge in [-0.05, 0) is 38.1 Å². The van der Waals surface area contributed by atoms with Crippen molar-refractivity contribution in [1.29, 1.82) is 5.26 Å². The van der Waals surface area contributed by atoms with Gasteiger partial charge in [-0.3, -0.25) is 0 Å². The van der Waals surface area contributed by atoms with Crippen molar-refractivity contribution in [3.8, 4) is 6.07 Å². The Labute approximate surface area is 111 Å². The van der Waals surface area contributed by atoms with Crippen LogP contribution in [0.15, 0.2) is 24.3 Å². The van der Waals surface area contributed by atoms with E-state index in [1.54, 1.807) is 19.1 Å². The van der Waals surface area contributed by atoms with Crippen molar-refractivity contribution in [1.82, 2.24) is 9.97 Å². The monoisotopic (exact) mass is 254 g/mol. The Morgan fingerprint density at radius 3 is 2.32 bits per heavy atom. The Balaban J connectivity index is 2.32. The second-order valence-electron chi connectivity index (χ2n) is 4.05. The minimum atomic E-state index is 0.587. The zero-order chi connectivity index (χ0) is 13.8. The number of nitrogens with one attached hydrogen (secondary N) is 2. The van der Waals surface area contributed by atoms with Crippen LogP contribution in [0.3, 0.4) is 0 Å². The molecule has 0 aliphatic carbocycles. The Kier molecular flexibility index (Phi) is 3.59. The molecule has 0 unspecified atom stereocenters. The van der Waals surface area contributed by atoms with Gasteiger partial charge in [0.05, 0.1) is 11.6 Å². The van der Waals surface area contributed by atoms with E-state index in [1.165, 1.54) is 0 Å². The van der Waals surface area contributed by atoms with Crippen LogP contribution in [0.5, 0.6) is 0 Å². The number of nitriles is 1. The second-order valence-corrected chi connectivity index (χ2v) is 4.05. The summed E-state index contributed by atoms with van der Waals surface area (Å²) in [5.74, 6) is 7.31. The molecule has 0 radical (unpaired) electrons. The van der Waals surface area contributed by atoms with Gasteiger partial charge in [-0.15, -0.1) is 0 Å². The van der Waals surface area contributed by atoms with Gasteiger partial charge in [-0.25, -0.2) is 15.8 Å². The van der Waals surface area contributed by atoms with Gasteiger partial charge in [0.2, 0.25) is 0 Å². The number of nitrogens with zero attached hydrogens (tertiary/aromatic N) is 3. The van der Waals surface area contributed by atoms with Crippen LogP contribution in [-0.2, 0) is 0 Å². The van der Waals surface area contributed by atoms with Gasteiger partial charge in [-0.1, -0.05) is 0 Å². The number of rotatable bonds is 3. The molecular weight excluding hydrogens is 240 g/mol. The molecule has 1 aromatic carbocycles. The first kappa shape index (κ1) is 12.8. The maximum atomic E-state index is 8.75. The number of aromatic nitrogens is 2. The third-order valence-corrected chi connectivity index (χ3v) is 2.67. The summed E-state index contributed by atoms with van der Waals surface area (Å²) in [5, 5.41) is 11.9. The first-order valence-electron chi connectivity index (χ1n) is 5.73. The van der Waals surface area contributed by atoms with E-state index >= 15 is 0 Å². The van der Waals surface area contributed by atoms with E-state index in [0.29, 0.717) is 23.0 Å². The lowest BCUT2D eigenvalue weighted by molar-refractivity contribution is 1.03. The molecule has 0 aliphatic heterocycles. The molecule has 0 amide bonds. The van der Waals surface area contributed by atoms with Gasteiger partial charge in [0.15, 0.2) is 0 Å². The van der Waals surface area contributed by atoms with Crippen molar-refractivity contribution >= 4 is 17.3 Å². The lowest BCUT2D eigenvalue weighted by Gasteiger charge is -2.12. The number of hydrogen-bond donors (Lipinski definition) is 3. The van der Waals surface area contributed by atoms with Crippen LogP contribution in [0.1, 0.15) is 17.0 Å². The van der Waals surface area contributed by atoms with E-state index in [4.69, 9.17) is 11.1 Å². The fraction of sp³-hybridized carbons (Fsp3) is 0.154. The van der Waals surface area contributed by atoms with Crippen LogP contribution in [0.25, 0.3) is 0 Å². The summed E-state index contributed by atoms with van der Waals surface area (Å²) in [6.07, 6.45) is 0. The Morgan fingerprint density at radius 1 is 1.11 bits per heavy atom. The third kappa shape index (κ3) is 2.78. The van der Waals surface area contributed by atoms with E-state index in [0.717, 1.165) is 11.3 Å². The fourth-order valence-corrected chi connectivity index (χ4v) is 1.66. The molecule has 0 spiro atoms. The topological polar surface area (TPSA) is 99.6 Å². The molecular formula is C13H14N6. The predicted octanol–water partition coefficient (Wildman–Crippen LogP) is 1.99. The highest BCUT2D eigenvalue weighted by Gasteiger charge is 2.08. The predicted molar refractivity (Wildman–Crippen MR) is 73.8 cm³/mol. The third-order valence-electron chi connectivity index (χ3n) is 2.67. The SMILES string of the molecule is Cc1nc(NN)c(C)c(Nc2ccc(C#N)cc2)n1. The van der Waals surface area contributed by atoms with Crippen LogP contribution in [0.2, 0.25) is 0 Å². The molecule has 2 rings (SSSR count). The van der Waals surface area contributed by atoms with Gasteiger partial charge >= 0.3 is 0 Å². The summed E-state index contributed by atoms with van der Waals surface area (Å²) < 4.78 is 0. The highest BCUT2D eigenvalue weighted by atomic mass is 15.3. The maximum Gasteiger partial charge on any atom is 0.148 e. The summed E-state index contributed by atoms with van der Waals surface area (Å²) in [5.41, 5.74) is 4.84. The summed E-state index contributed by atoms with van der Waals surface area (Å²) in [4.78, 5) is 8.53. The van der Waals surface area contributed by atoms with E-state index in [2.05, 4.69) is 26.8 Å². The van der Waals surface area contributed by atoms with E-state index < -0.39 is 0 Å². The summed E-state index contributed by atoms with van der Waals surface area (Å²) in [6, 6.07) is 9.21. The van der Waals surface area contributed by atoms with Gasteiger partial charge in [0, 0.05) is 11.3 Å². The average Bonchev–Trinajstić information content (AvgIpc) is 2.43. The number of nitrogen functional groups attached to an aromatic ring is 1. The number of aryl methyl sites for hydroxylation is 1. The number of nitrogens with two attached hydrogens (primary N) is 1. The maximum absolute atomic E-state index is 8.75. The van der Waals surface area contributed by atoms with Crippen LogP contribution in [0, 0.1) is 25.2 Å². The molecule has 2 aromatic rings. The largest absolute Gasteiger partial charge is 0.340 e. The molecule has 0 aliphatic rings. The molecule has 0 atom stereocenters. The van der Waals surface area contributed by atoms with Gasteiger partial charge in [0.25, 0.3) is 0 Å². The molecule has 0 fully saturated rings. The molecule has 6 heteroatoms. The zero-order valence-corrected chi connectivity index (χ0v) is 10.7. The van der Waals surface area contributed by atoms with E-state index in [-0.39, 0.29) is 0 Å². The highest BCUT2D eigenvalue weighted by molar-refractivity contribution is 5.64. The van der Waals surface area contributed by atoms with Gasteiger partial charge < -0.3 is 10.7 Å². The minimum absolute atomic E-state index is 0.587. The van der Waals surface area contributed by atoms with Crippen LogP contribution < -0.4 is 16.6 Å². The smallest absolute Gasteiger partial charge is 0.148 e. The Bertz CT molecular complexity index is 627. The van der Waals surface area contributed by atoms with Crippen molar-refractivity contribution < 1.29 is 0 Å². The van der Waals surface area contributed by atoms with Crippen LogP contribution in [0.4, 0.5) is 17.3 Å². The Morgan fingerprint density at radius 2 is 1.74 bits per heavy atom. The van der Waals surface area contributed by atoms with Gasteiger partial charge in [0.1, 0.15) is 17.5 Å². The minimum Gasteiger partial charge on any atom is -0.340 e. The highest BCUT2D eigenvalue weighted by Crippen LogP contribution is 2.23. The standard InChI is InChI=1S/C13H14N6/c1-8-12(16-9(2)17-13(8)19-15)18-11-5-3-10(7-14)4-6-11/h3-6H,15H2,1-2H3,(H2,16,17,18,19). The second kappa shape index (κ2) is 5.33. The molecule has 96 valence electrons. The van der Waals surface area contributed by atoms with Crippen LogP contribution in [-0.4, -0.2) is 9.97 Å². The van der Waals surface area contributed by atoms with E-state index in [9.17, 15) is 0 Å². The fourth-order valence-electron chi connectivity index (χ4n) is 1.66. The first-order chi connectivity index (χ1) is 9.13. The van der Waals surface area contributed by atoms with Crippen LogP contribution >= 0.6 is 0 Å². The molecule has 1 aromatic heterocycles. The van der Waals surface area contributed by atoms with E-state index in [1.807, 2.05) is 19.1 Å². The lowest BCUT2D eigenvalue weighted by atomic mass is 10.2. The van der Waals surface area contributed by atoms with Crippen molar-refractivity contribution in [2.45, 2.75) is 13.8 Å². The number of benzene rings is 1. The molecule has 0 saturated heterocycles. The van der Waals surface area contributed by atoms with Gasteiger partial charge in [-0.2, -0.15) is 5.26 Å². The molecule has 0 bridgehead atoms. The summed E-state index contributed by atoms with van der Waals surface area (Å²) in [6.45, 7) is 3.67. The molecule has 19 heavy (non-hydrogen) atoms. The molecule has 4 N–H and O–H groups in total. The average molecular weight is 254 g/mol. The number of hydrazine groups is 1. The van der Waals surface area contributed by atoms with Crippen molar-refractivity contribution in [3.05, 3.63) is 41.2 Å². The zero-order valence-electron chi connectivity index (χ0n) is 10.7. The molecule has 1 heterocycles.